The first-order valence-electron chi connectivity index (χ1n) is 7.76. The second kappa shape index (κ2) is 4.54. The molecule has 0 unspecified atom stereocenters. The van der Waals surface area contributed by atoms with Crippen molar-refractivity contribution in [1.29, 1.82) is 0 Å². The monoisotopic (exact) mass is 331 g/mol. The van der Waals surface area contributed by atoms with Crippen LogP contribution in [0.25, 0.3) is 0 Å². The molecule has 2 aliphatic heterocycles. The van der Waals surface area contributed by atoms with Gasteiger partial charge in [-0.1, -0.05) is 17.7 Å². The molecule has 2 aromatic carbocycles. The molecule has 1 saturated heterocycles. The highest BCUT2D eigenvalue weighted by molar-refractivity contribution is 6.31. The molecule has 23 heavy (non-hydrogen) atoms. The summed E-state index contributed by atoms with van der Waals surface area (Å²) in [5.74, 6) is 1.90. The van der Waals surface area contributed by atoms with Gasteiger partial charge in [-0.2, -0.15) is 0 Å². The van der Waals surface area contributed by atoms with E-state index in [4.69, 9.17) is 21.1 Å². The van der Waals surface area contributed by atoms with E-state index in [1.54, 1.807) is 0 Å². The molecule has 2 heterocycles. The number of nitrogens with zero attached hydrogens (tertiary/aromatic N) is 1. The van der Waals surface area contributed by atoms with E-state index in [1.165, 1.54) is 12.1 Å². The van der Waals surface area contributed by atoms with Crippen molar-refractivity contribution in [3.05, 3.63) is 52.8 Å². The molecular formula is C18H15ClFNO2. The molecule has 118 valence electrons. The maximum absolute atomic E-state index is 13.3. The summed E-state index contributed by atoms with van der Waals surface area (Å²) < 4.78 is 24.2. The zero-order valence-corrected chi connectivity index (χ0v) is 13.1. The van der Waals surface area contributed by atoms with E-state index >= 15 is 0 Å². The summed E-state index contributed by atoms with van der Waals surface area (Å²) in [6.07, 6.45) is 1.12. The molecule has 3 nitrogen and oxygen atoms in total. The van der Waals surface area contributed by atoms with Gasteiger partial charge < -0.3 is 14.4 Å². The Labute approximate surface area is 138 Å². The summed E-state index contributed by atoms with van der Waals surface area (Å²) in [7, 11) is 0. The SMILES string of the molecule is Fc1ccc([C@]23C[C@H]2CN(c2ccc4c(c2)OCO4)C3)c(Cl)c1. The van der Waals surface area contributed by atoms with Gasteiger partial charge in [-0.3, -0.25) is 0 Å². The number of benzene rings is 2. The molecule has 3 aliphatic rings. The molecule has 5 rings (SSSR count). The summed E-state index contributed by atoms with van der Waals surface area (Å²) in [4.78, 5) is 2.36. The van der Waals surface area contributed by atoms with Crippen LogP contribution in [0, 0.1) is 11.7 Å². The molecule has 0 radical (unpaired) electrons. The third-order valence-corrected chi connectivity index (χ3v) is 5.65. The number of halogens is 2. The number of anilines is 1. The Hall–Kier alpha value is -1.94. The van der Waals surface area contributed by atoms with Gasteiger partial charge in [0.25, 0.3) is 0 Å². The third-order valence-electron chi connectivity index (χ3n) is 5.33. The van der Waals surface area contributed by atoms with Gasteiger partial charge in [0, 0.05) is 35.3 Å². The highest BCUT2D eigenvalue weighted by atomic mass is 35.5. The summed E-state index contributed by atoms with van der Waals surface area (Å²) >= 11 is 6.30. The Kier molecular flexibility index (Phi) is 2.66. The standard InChI is InChI=1S/C18H15ClFNO2/c19-15-5-12(20)1-3-14(15)18-7-11(18)8-21(9-18)13-2-4-16-17(6-13)23-10-22-16/h1-6,11H,7-10H2/t11-,18-/m0/s1. The lowest BCUT2D eigenvalue weighted by molar-refractivity contribution is 0.174. The second-order valence-electron chi connectivity index (χ2n) is 6.60. The summed E-state index contributed by atoms with van der Waals surface area (Å²) in [5, 5.41) is 0.542. The van der Waals surface area contributed by atoms with Crippen LogP contribution in [0.4, 0.5) is 10.1 Å². The smallest absolute Gasteiger partial charge is 0.231 e. The molecule has 0 aromatic heterocycles. The summed E-state index contributed by atoms with van der Waals surface area (Å²) in [5.41, 5.74) is 2.29. The van der Waals surface area contributed by atoms with Crippen molar-refractivity contribution in [2.24, 2.45) is 5.92 Å². The normalized spacial score (nSPS) is 27.2. The number of hydrogen-bond donors (Lipinski definition) is 0. The van der Waals surface area contributed by atoms with Gasteiger partial charge in [0.2, 0.25) is 6.79 Å². The summed E-state index contributed by atoms with van der Waals surface area (Å²) in [6.45, 7) is 2.19. The summed E-state index contributed by atoms with van der Waals surface area (Å²) in [6, 6.07) is 10.8. The lowest BCUT2D eigenvalue weighted by Crippen LogP contribution is -2.26. The molecule has 2 fully saturated rings. The molecule has 2 atom stereocenters. The van der Waals surface area contributed by atoms with E-state index < -0.39 is 0 Å². The van der Waals surface area contributed by atoms with Gasteiger partial charge in [0.05, 0.1) is 0 Å². The van der Waals surface area contributed by atoms with Crippen LogP contribution in [0.2, 0.25) is 5.02 Å². The molecule has 0 bridgehead atoms. The molecular weight excluding hydrogens is 317 g/mol. The average Bonchev–Trinajstić information content (AvgIpc) is 2.91. The fraction of sp³-hybridized carbons (Fsp3) is 0.333. The average molecular weight is 332 g/mol. The highest BCUT2D eigenvalue weighted by Crippen LogP contribution is 2.61. The maximum Gasteiger partial charge on any atom is 0.231 e. The quantitative estimate of drug-likeness (QED) is 0.830. The predicted molar refractivity (Wildman–Crippen MR) is 86.0 cm³/mol. The van der Waals surface area contributed by atoms with Crippen molar-refractivity contribution in [3.8, 4) is 11.5 Å². The minimum absolute atomic E-state index is 0.0706. The van der Waals surface area contributed by atoms with Crippen LogP contribution in [0.15, 0.2) is 36.4 Å². The van der Waals surface area contributed by atoms with Crippen molar-refractivity contribution < 1.29 is 13.9 Å². The van der Waals surface area contributed by atoms with E-state index in [0.717, 1.165) is 42.3 Å². The van der Waals surface area contributed by atoms with Crippen LogP contribution in [0.3, 0.4) is 0 Å². The van der Waals surface area contributed by atoms with E-state index in [9.17, 15) is 4.39 Å². The minimum Gasteiger partial charge on any atom is -0.454 e. The van der Waals surface area contributed by atoms with Gasteiger partial charge in [0.1, 0.15) is 5.82 Å². The highest BCUT2D eigenvalue weighted by Gasteiger charge is 2.61. The second-order valence-corrected chi connectivity index (χ2v) is 7.01. The fourth-order valence-corrected chi connectivity index (χ4v) is 4.43. The minimum atomic E-state index is -0.280. The third kappa shape index (κ3) is 1.94. The number of hydrogen-bond acceptors (Lipinski definition) is 3. The van der Waals surface area contributed by atoms with Crippen LogP contribution < -0.4 is 14.4 Å². The Bertz CT molecular complexity index is 812. The zero-order chi connectivity index (χ0) is 15.6. The molecule has 0 amide bonds. The van der Waals surface area contributed by atoms with Crippen molar-refractivity contribution in [3.63, 3.8) is 0 Å². The number of piperidine rings is 1. The predicted octanol–water partition coefficient (Wildman–Crippen LogP) is 3.99. The first-order valence-corrected chi connectivity index (χ1v) is 8.14. The number of ether oxygens (including phenoxy) is 2. The Morgan fingerprint density at radius 3 is 2.87 bits per heavy atom. The fourth-order valence-electron chi connectivity index (χ4n) is 4.07. The first kappa shape index (κ1) is 13.5. The Morgan fingerprint density at radius 1 is 1.13 bits per heavy atom. The lowest BCUT2D eigenvalue weighted by atomic mass is 9.95. The molecule has 5 heteroatoms. The van der Waals surface area contributed by atoms with Gasteiger partial charge in [-0.25, -0.2) is 4.39 Å². The van der Waals surface area contributed by atoms with Crippen LogP contribution >= 0.6 is 11.6 Å². The van der Waals surface area contributed by atoms with Crippen molar-refractivity contribution in [2.45, 2.75) is 11.8 Å². The van der Waals surface area contributed by atoms with Gasteiger partial charge in [-0.05, 0) is 42.2 Å². The first-order chi connectivity index (χ1) is 11.2. The van der Waals surface area contributed by atoms with Crippen LogP contribution in [0.5, 0.6) is 11.5 Å². The van der Waals surface area contributed by atoms with E-state index in [1.807, 2.05) is 18.2 Å². The van der Waals surface area contributed by atoms with Crippen LogP contribution in [-0.4, -0.2) is 19.9 Å². The Balaban J connectivity index is 1.45. The van der Waals surface area contributed by atoms with Crippen LogP contribution in [0.1, 0.15) is 12.0 Å². The molecule has 0 N–H and O–H groups in total. The van der Waals surface area contributed by atoms with Crippen molar-refractivity contribution in [1.82, 2.24) is 0 Å². The number of fused-ring (bicyclic) bond motifs is 2. The molecule has 1 saturated carbocycles. The van der Waals surface area contributed by atoms with Gasteiger partial charge >= 0.3 is 0 Å². The van der Waals surface area contributed by atoms with E-state index in [-0.39, 0.29) is 18.0 Å². The van der Waals surface area contributed by atoms with E-state index in [0.29, 0.717) is 10.9 Å². The largest absolute Gasteiger partial charge is 0.454 e. The number of rotatable bonds is 2. The maximum atomic E-state index is 13.3. The van der Waals surface area contributed by atoms with Crippen LogP contribution in [-0.2, 0) is 5.41 Å². The molecule has 2 aromatic rings. The Morgan fingerprint density at radius 2 is 2.00 bits per heavy atom. The van der Waals surface area contributed by atoms with Gasteiger partial charge in [-0.15, -0.1) is 0 Å². The van der Waals surface area contributed by atoms with Crippen molar-refractivity contribution >= 4 is 17.3 Å². The lowest BCUT2D eigenvalue weighted by Gasteiger charge is -2.24. The topological polar surface area (TPSA) is 21.7 Å². The van der Waals surface area contributed by atoms with E-state index in [2.05, 4.69) is 11.0 Å². The zero-order valence-electron chi connectivity index (χ0n) is 12.4. The van der Waals surface area contributed by atoms with Gasteiger partial charge in [0.15, 0.2) is 11.5 Å². The molecule has 0 spiro atoms. The molecule has 1 aliphatic carbocycles. The van der Waals surface area contributed by atoms with Crippen molar-refractivity contribution in [2.75, 3.05) is 24.8 Å².